The monoisotopic (exact) mass is 180 g/mol. The molecule has 0 aromatic carbocycles. The fourth-order valence-corrected chi connectivity index (χ4v) is 0.690. The Bertz CT molecular complexity index is 277. The summed E-state index contributed by atoms with van der Waals surface area (Å²) in [6, 6.07) is 0. The van der Waals surface area contributed by atoms with Gasteiger partial charge in [-0.1, -0.05) is 12.2 Å². The molecule has 0 atom stereocenters. The zero-order valence-electron chi connectivity index (χ0n) is 7.65. The lowest BCUT2D eigenvalue weighted by Crippen LogP contribution is -2.25. The highest BCUT2D eigenvalue weighted by Crippen LogP contribution is 1.99. The van der Waals surface area contributed by atoms with Crippen LogP contribution in [0.3, 0.4) is 0 Å². The number of carbonyl (C=O) groups is 1. The van der Waals surface area contributed by atoms with E-state index in [4.69, 9.17) is 4.74 Å². The van der Waals surface area contributed by atoms with Gasteiger partial charge in [-0.05, 0) is 12.2 Å². The Kier molecular flexibility index (Phi) is 3.14. The first-order valence-corrected chi connectivity index (χ1v) is 3.89. The van der Waals surface area contributed by atoms with Gasteiger partial charge in [0.15, 0.2) is 0 Å². The maximum absolute atomic E-state index is 11.1. The molecule has 1 N–H and O–H groups in total. The Morgan fingerprint density at radius 3 is 2.85 bits per heavy atom. The number of carbonyl (C=O) groups excluding carboxylic acids is 1. The van der Waals surface area contributed by atoms with Crippen molar-refractivity contribution in [1.82, 2.24) is 10.2 Å². The van der Waals surface area contributed by atoms with Crippen LogP contribution in [-0.2, 0) is 4.74 Å². The lowest BCUT2D eigenvalue weighted by Gasteiger charge is -2.12. The van der Waals surface area contributed by atoms with Crippen molar-refractivity contribution in [3.63, 3.8) is 0 Å². The van der Waals surface area contributed by atoms with E-state index in [9.17, 15) is 4.79 Å². The molecule has 1 aliphatic rings. The van der Waals surface area contributed by atoms with E-state index in [0.717, 1.165) is 0 Å². The van der Waals surface area contributed by atoms with E-state index in [1.54, 1.807) is 32.4 Å². The molecule has 1 amide bonds. The molecule has 1 rings (SSSR count). The molecule has 0 saturated carbocycles. The van der Waals surface area contributed by atoms with Crippen molar-refractivity contribution in [2.75, 3.05) is 14.1 Å². The molecule has 0 fully saturated rings. The van der Waals surface area contributed by atoms with E-state index in [1.165, 1.54) is 4.90 Å². The molecular weight excluding hydrogens is 168 g/mol. The molecule has 0 spiro atoms. The number of nitrogens with one attached hydrogen (secondary N) is 1. The maximum atomic E-state index is 11.1. The van der Waals surface area contributed by atoms with Crippen LogP contribution in [0.4, 0.5) is 4.79 Å². The van der Waals surface area contributed by atoms with Gasteiger partial charge in [0, 0.05) is 20.3 Å². The minimum Gasteiger partial charge on any atom is -0.393 e. The summed E-state index contributed by atoms with van der Waals surface area (Å²) in [5.74, 6) is 0.420. The standard InChI is InChI=1S/C9H12N2O2/c1-11(2)9(12)13-8-6-4-3-5-7-10-8/h3-7,10H,1-2H3. The lowest BCUT2D eigenvalue weighted by atomic mass is 10.5. The molecule has 0 unspecified atom stereocenters. The fraction of sp³-hybridized carbons (Fsp3) is 0.222. The summed E-state index contributed by atoms with van der Waals surface area (Å²) >= 11 is 0. The number of hydrogen-bond acceptors (Lipinski definition) is 3. The van der Waals surface area contributed by atoms with E-state index in [0.29, 0.717) is 5.88 Å². The third-order valence-corrected chi connectivity index (χ3v) is 1.35. The van der Waals surface area contributed by atoms with Crippen LogP contribution in [0.15, 0.2) is 36.4 Å². The van der Waals surface area contributed by atoms with E-state index < -0.39 is 6.09 Å². The van der Waals surface area contributed by atoms with Crippen molar-refractivity contribution < 1.29 is 9.53 Å². The van der Waals surface area contributed by atoms with E-state index in [1.807, 2.05) is 12.2 Å². The fourth-order valence-electron chi connectivity index (χ4n) is 0.690. The molecule has 0 bridgehead atoms. The molecule has 4 heteroatoms. The Morgan fingerprint density at radius 1 is 1.38 bits per heavy atom. The van der Waals surface area contributed by atoms with Gasteiger partial charge in [-0.15, -0.1) is 0 Å². The molecule has 0 saturated heterocycles. The van der Waals surface area contributed by atoms with Crippen LogP contribution < -0.4 is 5.32 Å². The van der Waals surface area contributed by atoms with Crippen LogP contribution in [-0.4, -0.2) is 25.1 Å². The second-order valence-corrected chi connectivity index (χ2v) is 2.68. The third-order valence-electron chi connectivity index (χ3n) is 1.35. The van der Waals surface area contributed by atoms with E-state index in [-0.39, 0.29) is 0 Å². The summed E-state index contributed by atoms with van der Waals surface area (Å²) in [6.45, 7) is 0. The zero-order valence-corrected chi connectivity index (χ0v) is 7.65. The van der Waals surface area contributed by atoms with E-state index >= 15 is 0 Å². The van der Waals surface area contributed by atoms with Gasteiger partial charge in [0.2, 0.25) is 5.88 Å². The Labute approximate surface area is 77.2 Å². The number of rotatable bonds is 1. The van der Waals surface area contributed by atoms with Crippen molar-refractivity contribution in [2.24, 2.45) is 0 Å². The number of nitrogens with zero attached hydrogens (tertiary/aromatic N) is 1. The summed E-state index contributed by atoms with van der Waals surface area (Å²) in [6.07, 6.45) is 8.41. The van der Waals surface area contributed by atoms with Gasteiger partial charge in [-0.2, -0.15) is 0 Å². The van der Waals surface area contributed by atoms with Crippen LogP contribution in [0.2, 0.25) is 0 Å². The number of hydrogen-bond donors (Lipinski definition) is 1. The zero-order chi connectivity index (χ0) is 9.68. The van der Waals surface area contributed by atoms with Gasteiger partial charge < -0.3 is 15.0 Å². The average Bonchev–Trinajstić information content (AvgIpc) is 2.32. The van der Waals surface area contributed by atoms with Crippen molar-refractivity contribution in [3.8, 4) is 0 Å². The maximum Gasteiger partial charge on any atom is 0.415 e. The highest BCUT2D eigenvalue weighted by molar-refractivity contribution is 5.68. The Hall–Kier alpha value is -1.71. The normalized spacial score (nSPS) is 14.2. The first-order chi connectivity index (χ1) is 6.20. The van der Waals surface area contributed by atoms with E-state index in [2.05, 4.69) is 5.32 Å². The molecule has 0 aromatic heterocycles. The molecule has 0 aromatic rings. The summed E-state index contributed by atoms with van der Waals surface area (Å²) in [5, 5.41) is 2.82. The van der Waals surface area contributed by atoms with Gasteiger partial charge >= 0.3 is 6.09 Å². The quantitative estimate of drug-likeness (QED) is 0.659. The molecule has 0 aliphatic carbocycles. The SMILES string of the molecule is CN(C)C(=O)OC1=CC=CC=CN1. The predicted molar refractivity (Wildman–Crippen MR) is 49.7 cm³/mol. The number of ether oxygens (including phenoxy) is 1. The molecule has 4 nitrogen and oxygen atoms in total. The Balaban J connectivity index is 2.54. The second-order valence-electron chi connectivity index (χ2n) is 2.68. The van der Waals surface area contributed by atoms with Crippen molar-refractivity contribution in [1.29, 1.82) is 0 Å². The topological polar surface area (TPSA) is 41.6 Å². The highest BCUT2D eigenvalue weighted by Gasteiger charge is 2.07. The van der Waals surface area contributed by atoms with Gasteiger partial charge in [0.1, 0.15) is 0 Å². The predicted octanol–water partition coefficient (Wildman–Crippen LogP) is 1.20. The van der Waals surface area contributed by atoms with Crippen LogP contribution >= 0.6 is 0 Å². The van der Waals surface area contributed by atoms with Crippen molar-refractivity contribution >= 4 is 6.09 Å². The summed E-state index contributed by atoms with van der Waals surface area (Å²) < 4.78 is 4.97. The van der Waals surface area contributed by atoms with Gasteiger partial charge in [0.25, 0.3) is 0 Å². The average molecular weight is 180 g/mol. The van der Waals surface area contributed by atoms with Gasteiger partial charge in [0.05, 0.1) is 0 Å². The number of amides is 1. The van der Waals surface area contributed by atoms with Crippen LogP contribution in [0, 0.1) is 0 Å². The lowest BCUT2D eigenvalue weighted by molar-refractivity contribution is 0.142. The van der Waals surface area contributed by atoms with Crippen molar-refractivity contribution in [2.45, 2.75) is 0 Å². The van der Waals surface area contributed by atoms with Crippen LogP contribution in [0.1, 0.15) is 0 Å². The second kappa shape index (κ2) is 4.35. The van der Waals surface area contributed by atoms with Gasteiger partial charge in [-0.3, -0.25) is 0 Å². The molecular formula is C9H12N2O2. The smallest absolute Gasteiger partial charge is 0.393 e. The minimum atomic E-state index is -0.401. The Morgan fingerprint density at radius 2 is 2.15 bits per heavy atom. The first kappa shape index (κ1) is 9.38. The molecule has 70 valence electrons. The van der Waals surface area contributed by atoms with Crippen LogP contribution in [0.25, 0.3) is 0 Å². The summed E-state index contributed by atoms with van der Waals surface area (Å²) in [5.41, 5.74) is 0. The minimum absolute atomic E-state index is 0.401. The summed E-state index contributed by atoms with van der Waals surface area (Å²) in [7, 11) is 3.26. The molecule has 0 radical (unpaired) electrons. The number of allylic oxidation sites excluding steroid dienone is 4. The molecule has 1 aliphatic heterocycles. The molecule has 1 heterocycles. The molecule has 13 heavy (non-hydrogen) atoms. The third kappa shape index (κ3) is 3.02. The van der Waals surface area contributed by atoms with Gasteiger partial charge in [-0.25, -0.2) is 4.79 Å². The highest BCUT2D eigenvalue weighted by atomic mass is 16.6. The first-order valence-electron chi connectivity index (χ1n) is 3.89. The largest absolute Gasteiger partial charge is 0.415 e. The summed E-state index contributed by atoms with van der Waals surface area (Å²) in [4.78, 5) is 12.5. The van der Waals surface area contributed by atoms with Crippen molar-refractivity contribution in [3.05, 3.63) is 36.4 Å². The van der Waals surface area contributed by atoms with Crippen LogP contribution in [0.5, 0.6) is 0 Å².